The summed E-state index contributed by atoms with van der Waals surface area (Å²) in [6.45, 7) is 3.67. The maximum absolute atomic E-state index is 13.5. The van der Waals surface area contributed by atoms with E-state index >= 15 is 0 Å². The summed E-state index contributed by atoms with van der Waals surface area (Å²) in [5.74, 6) is -0.392. The van der Waals surface area contributed by atoms with E-state index in [4.69, 9.17) is 11.6 Å². The van der Waals surface area contributed by atoms with Crippen LogP contribution >= 0.6 is 27.5 Å². The zero-order valence-electron chi connectivity index (χ0n) is 17.8. The molecule has 3 rings (SSSR count). The lowest BCUT2D eigenvalue weighted by molar-refractivity contribution is -0.119. The highest BCUT2D eigenvalue weighted by Gasteiger charge is 2.28. The largest absolute Gasteiger partial charge is 0.354 e. The van der Waals surface area contributed by atoms with Crippen LogP contribution in [0.3, 0.4) is 0 Å². The Bertz CT molecular complexity index is 1200. The molecule has 0 unspecified atom stereocenters. The number of amides is 1. The Hall–Kier alpha value is -2.35. The SMILES string of the molecule is Cc1ccc(S(=O)(=O)N(CC(=O)NCCc2ccc(Br)cc2)c2cccc(Cl)c2C)cc1. The van der Waals surface area contributed by atoms with Crippen molar-refractivity contribution in [1.82, 2.24) is 5.32 Å². The van der Waals surface area contributed by atoms with Crippen LogP contribution in [0.2, 0.25) is 5.02 Å². The van der Waals surface area contributed by atoms with E-state index in [0.717, 1.165) is 19.9 Å². The van der Waals surface area contributed by atoms with Crippen molar-refractivity contribution in [3.8, 4) is 0 Å². The van der Waals surface area contributed by atoms with Crippen molar-refractivity contribution in [2.75, 3.05) is 17.4 Å². The van der Waals surface area contributed by atoms with E-state index in [-0.39, 0.29) is 11.4 Å². The third kappa shape index (κ3) is 5.91. The van der Waals surface area contributed by atoms with E-state index in [0.29, 0.717) is 29.2 Å². The number of nitrogens with one attached hydrogen (secondary N) is 1. The maximum Gasteiger partial charge on any atom is 0.264 e. The van der Waals surface area contributed by atoms with Gasteiger partial charge in [0.1, 0.15) is 6.54 Å². The monoisotopic (exact) mass is 534 g/mol. The lowest BCUT2D eigenvalue weighted by atomic mass is 10.1. The van der Waals surface area contributed by atoms with E-state index < -0.39 is 15.9 Å². The summed E-state index contributed by atoms with van der Waals surface area (Å²) >= 11 is 9.65. The summed E-state index contributed by atoms with van der Waals surface area (Å²) in [6.07, 6.45) is 0.639. The van der Waals surface area contributed by atoms with Gasteiger partial charge in [-0.25, -0.2) is 8.42 Å². The third-order valence-electron chi connectivity index (χ3n) is 5.05. The normalized spacial score (nSPS) is 11.2. The van der Waals surface area contributed by atoms with Crippen LogP contribution in [0.15, 0.2) is 76.1 Å². The molecular weight excluding hydrogens is 512 g/mol. The molecule has 8 heteroatoms. The molecular formula is C24H24BrClN2O3S. The molecule has 0 atom stereocenters. The number of sulfonamides is 1. The molecule has 0 saturated carbocycles. The molecule has 0 aliphatic heterocycles. The number of carbonyl (C=O) groups excluding carboxylic acids is 1. The molecule has 3 aromatic rings. The molecule has 168 valence electrons. The molecule has 32 heavy (non-hydrogen) atoms. The number of benzene rings is 3. The summed E-state index contributed by atoms with van der Waals surface area (Å²) in [6, 6.07) is 19.4. The first-order valence-electron chi connectivity index (χ1n) is 10.0. The summed E-state index contributed by atoms with van der Waals surface area (Å²) in [4.78, 5) is 12.9. The predicted octanol–water partition coefficient (Wildman–Crippen LogP) is 5.27. The van der Waals surface area contributed by atoms with Gasteiger partial charge < -0.3 is 5.32 Å². The molecule has 0 bridgehead atoms. The van der Waals surface area contributed by atoms with E-state index in [1.54, 1.807) is 49.4 Å². The fraction of sp³-hybridized carbons (Fsp3) is 0.208. The minimum absolute atomic E-state index is 0.116. The van der Waals surface area contributed by atoms with E-state index in [1.807, 2.05) is 31.2 Å². The maximum atomic E-state index is 13.5. The molecule has 1 amide bonds. The van der Waals surface area contributed by atoms with Gasteiger partial charge in [0, 0.05) is 16.0 Å². The van der Waals surface area contributed by atoms with E-state index in [9.17, 15) is 13.2 Å². The van der Waals surface area contributed by atoms with Crippen LogP contribution in [0.5, 0.6) is 0 Å². The minimum atomic E-state index is -3.98. The lowest BCUT2D eigenvalue weighted by Crippen LogP contribution is -2.41. The first kappa shape index (κ1) is 24.3. The average molecular weight is 536 g/mol. The summed E-state index contributed by atoms with van der Waals surface area (Å²) in [5, 5.41) is 3.26. The van der Waals surface area contributed by atoms with Gasteiger partial charge in [0.2, 0.25) is 5.91 Å². The number of nitrogens with zero attached hydrogens (tertiary/aromatic N) is 1. The number of rotatable bonds is 8. The first-order valence-corrected chi connectivity index (χ1v) is 12.7. The number of aryl methyl sites for hydroxylation is 1. The van der Waals surface area contributed by atoms with Crippen LogP contribution < -0.4 is 9.62 Å². The zero-order chi connectivity index (χ0) is 23.3. The Labute approximate surface area is 202 Å². The van der Waals surface area contributed by atoms with Crippen molar-refractivity contribution in [2.45, 2.75) is 25.2 Å². The van der Waals surface area contributed by atoms with E-state index in [1.165, 1.54) is 0 Å². The van der Waals surface area contributed by atoms with Crippen molar-refractivity contribution in [3.05, 3.63) is 92.9 Å². The van der Waals surface area contributed by atoms with Gasteiger partial charge in [-0.05, 0) is 67.8 Å². The van der Waals surface area contributed by atoms with Gasteiger partial charge in [0.15, 0.2) is 0 Å². The Kier molecular flexibility index (Phi) is 7.98. The van der Waals surface area contributed by atoms with E-state index in [2.05, 4.69) is 21.2 Å². The number of hydrogen-bond acceptors (Lipinski definition) is 3. The molecule has 5 nitrogen and oxygen atoms in total. The van der Waals surface area contributed by atoms with Crippen LogP contribution in [-0.2, 0) is 21.2 Å². The van der Waals surface area contributed by atoms with Gasteiger partial charge in [-0.15, -0.1) is 0 Å². The Morgan fingerprint density at radius 2 is 1.66 bits per heavy atom. The van der Waals surface area contributed by atoms with Crippen LogP contribution in [0.1, 0.15) is 16.7 Å². The van der Waals surface area contributed by atoms with Gasteiger partial charge >= 0.3 is 0 Å². The van der Waals surface area contributed by atoms with Crippen LogP contribution in [0.25, 0.3) is 0 Å². The second kappa shape index (κ2) is 10.5. The van der Waals surface area contributed by atoms with Crippen molar-refractivity contribution in [3.63, 3.8) is 0 Å². The van der Waals surface area contributed by atoms with Crippen molar-refractivity contribution in [1.29, 1.82) is 0 Å². The Morgan fingerprint density at radius 3 is 2.31 bits per heavy atom. The highest BCUT2D eigenvalue weighted by atomic mass is 79.9. The molecule has 1 N–H and O–H groups in total. The second-order valence-electron chi connectivity index (χ2n) is 7.44. The smallest absolute Gasteiger partial charge is 0.264 e. The topological polar surface area (TPSA) is 66.5 Å². The quantitative estimate of drug-likeness (QED) is 0.427. The Balaban J connectivity index is 1.82. The lowest BCUT2D eigenvalue weighted by Gasteiger charge is -2.26. The molecule has 0 radical (unpaired) electrons. The molecule has 0 saturated heterocycles. The van der Waals surface area contributed by atoms with Crippen LogP contribution in [0.4, 0.5) is 5.69 Å². The summed E-state index contributed by atoms with van der Waals surface area (Å²) in [7, 11) is -3.98. The predicted molar refractivity (Wildman–Crippen MR) is 133 cm³/mol. The summed E-state index contributed by atoms with van der Waals surface area (Å²) < 4.78 is 29.0. The highest BCUT2D eigenvalue weighted by Crippen LogP contribution is 2.30. The van der Waals surface area contributed by atoms with Gasteiger partial charge in [0.25, 0.3) is 10.0 Å². The average Bonchev–Trinajstić information content (AvgIpc) is 2.76. The number of halogens is 2. The van der Waals surface area contributed by atoms with Gasteiger partial charge in [0.05, 0.1) is 10.6 Å². The minimum Gasteiger partial charge on any atom is -0.354 e. The Morgan fingerprint density at radius 1 is 1.00 bits per heavy atom. The molecule has 0 heterocycles. The molecule has 0 aliphatic rings. The first-order chi connectivity index (χ1) is 15.2. The summed E-state index contributed by atoms with van der Waals surface area (Å²) in [5.41, 5.74) is 2.98. The molecule has 0 aromatic heterocycles. The van der Waals surface area contributed by atoms with Gasteiger partial charge in [-0.1, -0.05) is 63.4 Å². The van der Waals surface area contributed by atoms with Crippen molar-refractivity contribution < 1.29 is 13.2 Å². The van der Waals surface area contributed by atoms with Crippen LogP contribution in [0, 0.1) is 13.8 Å². The van der Waals surface area contributed by atoms with Crippen molar-refractivity contribution in [2.24, 2.45) is 0 Å². The number of anilines is 1. The molecule has 0 fully saturated rings. The number of hydrogen-bond donors (Lipinski definition) is 1. The molecule has 0 aliphatic carbocycles. The fourth-order valence-corrected chi connectivity index (χ4v) is 5.10. The molecule has 3 aromatic carbocycles. The van der Waals surface area contributed by atoms with Crippen LogP contribution in [-0.4, -0.2) is 27.4 Å². The number of carbonyl (C=O) groups is 1. The highest BCUT2D eigenvalue weighted by molar-refractivity contribution is 9.10. The fourth-order valence-electron chi connectivity index (χ4n) is 3.19. The third-order valence-corrected chi connectivity index (χ3v) is 7.77. The van der Waals surface area contributed by atoms with Crippen molar-refractivity contribution >= 4 is 49.1 Å². The zero-order valence-corrected chi connectivity index (χ0v) is 21.0. The molecule has 0 spiro atoms. The standard InChI is InChI=1S/C24H24BrClN2O3S/c1-17-6-12-21(13-7-17)32(30,31)28(23-5-3-4-22(26)18(23)2)16-24(29)27-15-14-19-8-10-20(25)11-9-19/h3-13H,14-16H2,1-2H3,(H,27,29). The second-order valence-corrected chi connectivity index (χ2v) is 10.6. The van der Waals surface area contributed by atoms with Gasteiger partial charge in [-0.2, -0.15) is 0 Å². The van der Waals surface area contributed by atoms with Gasteiger partial charge in [-0.3, -0.25) is 9.10 Å².